The van der Waals surface area contributed by atoms with Crippen molar-refractivity contribution in [3.63, 3.8) is 0 Å². The van der Waals surface area contributed by atoms with Crippen LogP contribution in [0.3, 0.4) is 0 Å². The quantitative estimate of drug-likeness (QED) is 0.530. The van der Waals surface area contributed by atoms with Crippen LogP contribution in [0.15, 0.2) is 65.8 Å². The first-order valence-corrected chi connectivity index (χ1v) is 9.60. The van der Waals surface area contributed by atoms with Crippen LogP contribution in [0.5, 0.6) is 0 Å². The van der Waals surface area contributed by atoms with Crippen molar-refractivity contribution in [1.29, 1.82) is 0 Å². The molecule has 1 aromatic carbocycles. The molecule has 1 saturated heterocycles. The van der Waals surface area contributed by atoms with Gasteiger partial charge in [-0.2, -0.15) is 5.10 Å². The molecule has 1 fully saturated rings. The van der Waals surface area contributed by atoms with Crippen LogP contribution < -0.4 is 10.5 Å². The Morgan fingerprint density at radius 1 is 0.966 bits per heavy atom. The first kappa shape index (κ1) is 17.4. The van der Waals surface area contributed by atoms with Gasteiger partial charge in [0.2, 0.25) is 5.91 Å². The van der Waals surface area contributed by atoms with Gasteiger partial charge in [-0.25, -0.2) is 9.67 Å². The van der Waals surface area contributed by atoms with Crippen LogP contribution in [0, 0.1) is 0 Å². The molecule has 1 amide bonds. The van der Waals surface area contributed by atoms with E-state index < -0.39 is 0 Å². The van der Waals surface area contributed by atoms with Crippen LogP contribution >= 0.6 is 0 Å². The molecule has 8 heteroatoms. The number of hydrogen-bond donors (Lipinski definition) is 0. The van der Waals surface area contributed by atoms with Gasteiger partial charge in [0.1, 0.15) is 24.2 Å². The Balaban J connectivity index is 1.32. The van der Waals surface area contributed by atoms with E-state index in [-0.39, 0.29) is 18.0 Å². The molecule has 0 unspecified atom stereocenters. The lowest BCUT2D eigenvalue weighted by atomic mass is 10.2. The molecule has 0 radical (unpaired) electrons. The Morgan fingerprint density at radius 3 is 2.55 bits per heavy atom. The molecule has 1 aliphatic rings. The zero-order chi connectivity index (χ0) is 19.8. The number of piperazine rings is 1. The Labute approximate surface area is 166 Å². The van der Waals surface area contributed by atoms with E-state index in [9.17, 15) is 9.59 Å². The molecule has 29 heavy (non-hydrogen) atoms. The number of nitrogens with zero attached hydrogens (tertiary/aromatic N) is 6. The molecule has 8 nitrogen and oxygen atoms in total. The summed E-state index contributed by atoms with van der Waals surface area (Å²) >= 11 is 0. The summed E-state index contributed by atoms with van der Waals surface area (Å²) in [6.45, 7) is 2.58. The molecule has 3 aromatic heterocycles. The van der Waals surface area contributed by atoms with Gasteiger partial charge in [-0.1, -0.05) is 24.3 Å². The summed E-state index contributed by atoms with van der Waals surface area (Å²) in [5.74, 6) is 0.823. The minimum atomic E-state index is -0.260. The molecule has 5 rings (SSSR count). The molecule has 1 aliphatic heterocycles. The Kier molecular flexibility index (Phi) is 4.23. The van der Waals surface area contributed by atoms with Crippen molar-refractivity contribution in [3.8, 4) is 0 Å². The van der Waals surface area contributed by atoms with E-state index in [0.717, 1.165) is 16.7 Å². The van der Waals surface area contributed by atoms with Crippen molar-refractivity contribution in [2.75, 3.05) is 31.1 Å². The van der Waals surface area contributed by atoms with Crippen molar-refractivity contribution in [2.24, 2.45) is 0 Å². The van der Waals surface area contributed by atoms with Crippen LogP contribution in [-0.2, 0) is 11.3 Å². The van der Waals surface area contributed by atoms with E-state index in [2.05, 4.69) is 15.0 Å². The standard InChI is InChI=1S/C21H20N6O2/c28-20(25-11-9-24(10-12-25)19-7-3-4-8-22-19)14-27-21(29)18-13-16-5-1-2-6-17(16)26(18)15-23-27/h1-8,13,15H,9-12,14H2. The summed E-state index contributed by atoms with van der Waals surface area (Å²) in [4.78, 5) is 33.9. The second-order valence-electron chi connectivity index (χ2n) is 7.11. The van der Waals surface area contributed by atoms with Crippen molar-refractivity contribution in [3.05, 3.63) is 71.4 Å². The highest BCUT2D eigenvalue weighted by Gasteiger charge is 2.22. The maximum absolute atomic E-state index is 12.8. The summed E-state index contributed by atoms with van der Waals surface area (Å²) in [7, 11) is 0. The smallest absolute Gasteiger partial charge is 0.291 e. The number of anilines is 1. The largest absolute Gasteiger partial charge is 0.353 e. The van der Waals surface area contributed by atoms with E-state index in [4.69, 9.17) is 0 Å². The van der Waals surface area contributed by atoms with Gasteiger partial charge in [0.25, 0.3) is 5.56 Å². The van der Waals surface area contributed by atoms with Crippen molar-refractivity contribution in [2.45, 2.75) is 6.54 Å². The highest BCUT2D eigenvalue weighted by atomic mass is 16.2. The predicted octanol–water partition coefficient (Wildman–Crippen LogP) is 1.39. The number of carbonyl (C=O) groups is 1. The fraction of sp³-hybridized carbons (Fsp3) is 0.238. The topological polar surface area (TPSA) is 75.7 Å². The first-order valence-electron chi connectivity index (χ1n) is 9.60. The van der Waals surface area contributed by atoms with Crippen molar-refractivity contribution < 1.29 is 4.79 Å². The van der Waals surface area contributed by atoms with Gasteiger partial charge < -0.3 is 9.80 Å². The lowest BCUT2D eigenvalue weighted by Crippen LogP contribution is -2.50. The SMILES string of the molecule is O=C(Cn1ncn2c(cc3ccccc32)c1=O)N1CCN(c2ccccn2)CC1. The van der Waals surface area contributed by atoms with Crippen molar-refractivity contribution in [1.82, 2.24) is 24.1 Å². The van der Waals surface area contributed by atoms with Crippen molar-refractivity contribution >= 4 is 28.1 Å². The lowest BCUT2D eigenvalue weighted by molar-refractivity contribution is -0.132. The van der Waals surface area contributed by atoms with E-state index in [1.807, 2.05) is 48.5 Å². The van der Waals surface area contributed by atoms with Crippen LogP contribution in [0.1, 0.15) is 0 Å². The zero-order valence-electron chi connectivity index (χ0n) is 15.8. The Morgan fingerprint density at radius 2 is 1.76 bits per heavy atom. The molecular formula is C21H20N6O2. The fourth-order valence-corrected chi connectivity index (χ4v) is 3.83. The molecule has 146 valence electrons. The van der Waals surface area contributed by atoms with Gasteiger partial charge in [-0.15, -0.1) is 0 Å². The maximum atomic E-state index is 12.8. The monoisotopic (exact) mass is 388 g/mol. The average molecular weight is 388 g/mol. The molecule has 4 aromatic rings. The number of carbonyl (C=O) groups excluding carboxylic acids is 1. The van der Waals surface area contributed by atoms with Gasteiger partial charge >= 0.3 is 0 Å². The third-order valence-electron chi connectivity index (χ3n) is 5.40. The number of hydrogen-bond acceptors (Lipinski definition) is 5. The number of para-hydroxylation sites is 1. The summed E-state index contributed by atoms with van der Waals surface area (Å²) < 4.78 is 3.02. The van der Waals surface area contributed by atoms with Gasteiger partial charge in [0.05, 0.1) is 5.52 Å². The molecule has 0 saturated carbocycles. The average Bonchev–Trinajstić information content (AvgIpc) is 3.16. The minimum Gasteiger partial charge on any atom is -0.353 e. The van der Waals surface area contributed by atoms with Crippen LogP contribution in [-0.4, -0.2) is 56.2 Å². The van der Waals surface area contributed by atoms with Gasteiger partial charge in [0.15, 0.2) is 0 Å². The van der Waals surface area contributed by atoms with E-state index >= 15 is 0 Å². The molecule has 0 aliphatic carbocycles. The zero-order valence-corrected chi connectivity index (χ0v) is 15.8. The van der Waals surface area contributed by atoms with E-state index in [1.54, 1.807) is 21.8 Å². The van der Waals surface area contributed by atoms with E-state index in [0.29, 0.717) is 31.7 Å². The number of amides is 1. The summed E-state index contributed by atoms with van der Waals surface area (Å²) in [5, 5.41) is 5.20. The third kappa shape index (κ3) is 3.12. The number of fused-ring (bicyclic) bond motifs is 3. The molecule has 0 spiro atoms. The van der Waals surface area contributed by atoms with Gasteiger partial charge in [0, 0.05) is 37.8 Å². The second-order valence-corrected chi connectivity index (χ2v) is 7.11. The van der Waals surface area contributed by atoms with Gasteiger partial charge in [-0.05, 0) is 24.3 Å². The number of pyridine rings is 1. The molecule has 4 heterocycles. The molecule has 0 bridgehead atoms. The summed E-state index contributed by atoms with van der Waals surface area (Å²) in [6, 6.07) is 15.4. The van der Waals surface area contributed by atoms with Crippen LogP contribution in [0.4, 0.5) is 5.82 Å². The highest BCUT2D eigenvalue weighted by Crippen LogP contribution is 2.17. The van der Waals surface area contributed by atoms with Crippen LogP contribution in [0.25, 0.3) is 16.4 Å². The fourth-order valence-electron chi connectivity index (χ4n) is 3.83. The normalized spacial score (nSPS) is 14.6. The van der Waals surface area contributed by atoms with Gasteiger partial charge in [-0.3, -0.25) is 14.0 Å². The molecule has 0 N–H and O–H groups in total. The third-order valence-corrected chi connectivity index (χ3v) is 5.40. The number of aromatic nitrogens is 4. The number of rotatable bonds is 3. The minimum absolute atomic E-state index is 0.0551. The summed E-state index contributed by atoms with van der Waals surface area (Å²) in [6.07, 6.45) is 3.37. The predicted molar refractivity (Wildman–Crippen MR) is 110 cm³/mol. The second kappa shape index (κ2) is 7.05. The Hall–Kier alpha value is -3.68. The molecular weight excluding hydrogens is 368 g/mol. The Bertz CT molecular complexity index is 1240. The number of benzene rings is 1. The first-order chi connectivity index (χ1) is 14.2. The highest BCUT2D eigenvalue weighted by molar-refractivity contribution is 5.86. The van der Waals surface area contributed by atoms with Crippen LogP contribution in [0.2, 0.25) is 0 Å². The maximum Gasteiger partial charge on any atom is 0.291 e. The molecule has 0 atom stereocenters. The summed E-state index contributed by atoms with van der Waals surface area (Å²) in [5.41, 5.74) is 1.19. The van der Waals surface area contributed by atoms with E-state index in [1.165, 1.54) is 4.68 Å². The lowest BCUT2D eigenvalue weighted by Gasteiger charge is -2.35.